The largest absolute Gasteiger partial charge is 0.461 e. The van der Waals surface area contributed by atoms with Crippen molar-refractivity contribution in [2.24, 2.45) is 10.9 Å². The number of hydrogen-bond acceptors (Lipinski definition) is 6. The zero-order chi connectivity index (χ0) is 12.5. The average molecular weight is 240 g/mol. The van der Waals surface area contributed by atoms with E-state index in [2.05, 4.69) is 15.1 Å². The van der Waals surface area contributed by atoms with E-state index in [0.717, 1.165) is 6.42 Å². The fourth-order valence-corrected chi connectivity index (χ4v) is 1.04. The number of amidine groups is 1. The van der Waals surface area contributed by atoms with Gasteiger partial charge in [-0.3, -0.25) is 0 Å². The summed E-state index contributed by atoms with van der Waals surface area (Å²) in [5.74, 6) is -0.0838. The molecular formula is C10H16N4O3. The molecule has 0 fully saturated rings. The molecule has 0 aliphatic carbocycles. The zero-order valence-electron chi connectivity index (χ0n) is 9.67. The molecule has 0 spiro atoms. The van der Waals surface area contributed by atoms with Crippen LogP contribution in [0.2, 0.25) is 0 Å². The molecule has 7 nitrogen and oxygen atoms in total. The third kappa shape index (κ3) is 4.64. The van der Waals surface area contributed by atoms with Crippen LogP contribution in [0.15, 0.2) is 17.4 Å². The Morgan fingerprint density at radius 2 is 2.29 bits per heavy atom. The Labute approximate surface area is 99.3 Å². The van der Waals surface area contributed by atoms with Crippen molar-refractivity contribution < 1.29 is 14.7 Å². The van der Waals surface area contributed by atoms with Gasteiger partial charge >= 0.3 is 6.01 Å². The van der Waals surface area contributed by atoms with E-state index in [0.29, 0.717) is 25.5 Å². The third-order valence-electron chi connectivity index (χ3n) is 1.81. The molecule has 1 heterocycles. The van der Waals surface area contributed by atoms with E-state index >= 15 is 0 Å². The van der Waals surface area contributed by atoms with Crippen molar-refractivity contribution in [3.63, 3.8) is 0 Å². The van der Waals surface area contributed by atoms with Gasteiger partial charge in [0, 0.05) is 12.8 Å². The molecule has 0 unspecified atom stereocenters. The van der Waals surface area contributed by atoms with Gasteiger partial charge in [-0.1, -0.05) is 12.1 Å². The summed E-state index contributed by atoms with van der Waals surface area (Å²) in [4.78, 5) is 7.85. The topological polar surface area (TPSA) is 103 Å². The number of rotatable bonds is 7. The molecule has 0 aliphatic heterocycles. The summed E-state index contributed by atoms with van der Waals surface area (Å²) >= 11 is 0. The molecule has 0 radical (unpaired) electrons. The summed E-state index contributed by atoms with van der Waals surface area (Å²) in [7, 11) is 0. The van der Waals surface area contributed by atoms with Crippen LogP contribution in [0.25, 0.3) is 0 Å². The second-order valence-electron chi connectivity index (χ2n) is 3.17. The SMILES string of the molecule is CCCOCCOc1nccc(/C(N)=N/O)n1. The van der Waals surface area contributed by atoms with E-state index < -0.39 is 0 Å². The lowest BCUT2D eigenvalue weighted by atomic mass is 10.4. The Hall–Kier alpha value is -1.89. The lowest BCUT2D eigenvalue weighted by molar-refractivity contribution is 0.0972. The van der Waals surface area contributed by atoms with Crippen LogP contribution in [0.5, 0.6) is 6.01 Å². The maximum absolute atomic E-state index is 8.49. The van der Waals surface area contributed by atoms with Gasteiger partial charge in [0.25, 0.3) is 0 Å². The number of nitrogens with two attached hydrogens (primary N) is 1. The summed E-state index contributed by atoms with van der Waals surface area (Å²) in [5.41, 5.74) is 5.70. The lowest BCUT2D eigenvalue weighted by Gasteiger charge is -2.05. The predicted octanol–water partition coefficient (Wildman–Crippen LogP) is 0.377. The highest BCUT2D eigenvalue weighted by Crippen LogP contribution is 2.02. The van der Waals surface area contributed by atoms with Crippen molar-refractivity contribution in [3.05, 3.63) is 18.0 Å². The first kappa shape index (κ1) is 13.2. The minimum Gasteiger partial charge on any atom is -0.461 e. The van der Waals surface area contributed by atoms with Gasteiger partial charge in [0.2, 0.25) is 0 Å². The van der Waals surface area contributed by atoms with Crippen molar-refractivity contribution in [1.82, 2.24) is 9.97 Å². The molecule has 0 aromatic carbocycles. The van der Waals surface area contributed by atoms with Crippen LogP contribution in [0.3, 0.4) is 0 Å². The molecule has 17 heavy (non-hydrogen) atoms. The van der Waals surface area contributed by atoms with Gasteiger partial charge in [0.1, 0.15) is 12.3 Å². The average Bonchev–Trinajstić information content (AvgIpc) is 2.38. The van der Waals surface area contributed by atoms with Crippen LogP contribution >= 0.6 is 0 Å². The molecule has 0 saturated carbocycles. The van der Waals surface area contributed by atoms with Gasteiger partial charge in [0.05, 0.1) is 6.61 Å². The van der Waals surface area contributed by atoms with Crippen LogP contribution < -0.4 is 10.5 Å². The Balaban J connectivity index is 2.43. The number of nitrogens with zero attached hydrogens (tertiary/aromatic N) is 3. The van der Waals surface area contributed by atoms with Gasteiger partial charge in [-0.05, 0) is 12.5 Å². The minimum atomic E-state index is -0.0838. The van der Waals surface area contributed by atoms with E-state index in [-0.39, 0.29) is 11.8 Å². The summed E-state index contributed by atoms with van der Waals surface area (Å²) < 4.78 is 10.5. The predicted molar refractivity (Wildman–Crippen MR) is 61.1 cm³/mol. The van der Waals surface area contributed by atoms with Gasteiger partial charge in [-0.25, -0.2) is 4.98 Å². The number of aromatic nitrogens is 2. The van der Waals surface area contributed by atoms with E-state index in [4.69, 9.17) is 20.4 Å². The molecule has 0 bridgehead atoms. The van der Waals surface area contributed by atoms with Crippen molar-refractivity contribution in [2.75, 3.05) is 19.8 Å². The highest BCUT2D eigenvalue weighted by molar-refractivity contribution is 5.95. The Bertz CT molecular complexity index is 370. The number of oxime groups is 1. The molecule has 0 atom stereocenters. The molecule has 0 aliphatic rings. The van der Waals surface area contributed by atoms with E-state index in [1.807, 2.05) is 6.92 Å². The maximum atomic E-state index is 8.49. The van der Waals surface area contributed by atoms with Gasteiger partial charge in [-0.2, -0.15) is 4.98 Å². The standard InChI is InChI=1S/C10H16N4O3/c1-2-5-16-6-7-17-10-12-4-3-8(13-10)9(11)14-15/h3-4,15H,2,5-7H2,1H3,(H2,11,14). The minimum absolute atomic E-state index is 0.0838. The molecule has 3 N–H and O–H groups in total. The van der Waals surface area contributed by atoms with E-state index in [9.17, 15) is 0 Å². The zero-order valence-corrected chi connectivity index (χ0v) is 9.67. The summed E-state index contributed by atoms with van der Waals surface area (Å²) in [6.45, 7) is 3.57. The first-order chi connectivity index (χ1) is 8.27. The molecule has 94 valence electrons. The first-order valence-electron chi connectivity index (χ1n) is 5.29. The molecule has 1 aromatic heterocycles. The van der Waals surface area contributed by atoms with E-state index in [1.165, 1.54) is 12.3 Å². The Morgan fingerprint density at radius 1 is 1.47 bits per heavy atom. The summed E-state index contributed by atoms with van der Waals surface area (Å²) in [6, 6.07) is 1.70. The van der Waals surface area contributed by atoms with E-state index in [1.54, 1.807) is 0 Å². The fraction of sp³-hybridized carbons (Fsp3) is 0.500. The molecule has 0 saturated heterocycles. The summed E-state index contributed by atoms with van der Waals surface area (Å²) in [6.07, 6.45) is 2.44. The molecule has 0 amide bonds. The fourth-order valence-electron chi connectivity index (χ4n) is 1.04. The quantitative estimate of drug-likeness (QED) is 0.235. The number of hydrogen-bond donors (Lipinski definition) is 2. The van der Waals surface area contributed by atoms with Crippen molar-refractivity contribution >= 4 is 5.84 Å². The van der Waals surface area contributed by atoms with Crippen LogP contribution in [0.1, 0.15) is 19.0 Å². The monoisotopic (exact) mass is 240 g/mol. The normalized spacial score (nSPS) is 11.5. The molecule has 1 aromatic rings. The lowest BCUT2D eigenvalue weighted by Crippen LogP contribution is -2.16. The maximum Gasteiger partial charge on any atom is 0.317 e. The van der Waals surface area contributed by atoms with Gasteiger partial charge < -0.3 is 20.4 Å². The van der Waals surface area contributed by atoms with Crippen molar-refractivity contribution in [2.45, 2.75) is 13.3 Å². The van der Waals surface area contributed by atoms with Gasteiger partial charge in [0.15, 0.2) is 5.84 Å². The number of ether oxygens (including phenoxy) is 2. The second-order valence-corrected chi connectivity index (χ2v) is 3.17. The molecular weight excluding hydrogens is 224 g/mol. The van der Waals surface area contributed by atoms with Gasteiger partial charge in [-0.15, -0.1) is 0 Å². The Morgan fingerprint density at radius 3 is 3.00 bits per heavy atom. The second kappa shape index (κ2) is 7.39. The van der Waals surface area contributed by atoms with Crippen LogP contribution in [-0.2, 0) is 4.74 Å². The smallest absolute Gasteiger partial charge is 0.317 e. The highest BCUT2D eigenvalue weighted by Gasteiger charge is 2.04. The van der Waals surface area contributed by atoms with Crippen LogP contribution in [-0.4, -0.2) is 40.8 Å². The Kier molecular flexibility index (Phi) is 5.73. The van der Waals surface area contributed by atoms with Crippen molar-refractivity contribution in [1.29, 1.82) is 0 Å². The van der Waals surface area contributed by atoms with Crippen molar-refractivity contribution in [3.8, 4) is 6.01 Å². The highest BCUT2D eigenvalue weighted by atomic mass is 16.5. The summed E-state index contributed by atoms with van der Waals surface area (Å²) in [5, 5.41) is 11.3. The molecule has 1 rings (SSSR count). The first-order valence-corrected chi connectivity index (χ1v) is 5.29. The third-order valence-corrected chi connectivity index (χ3v) is 1.81. The van der Waals surface area contributed by atoms with Crippen LogP contribution in [0, 0.1) is 0 Å². The molecule has 7 heteroatoms. The van der Waals surface area contributed by atoms with Crippen LogP contribution in [0.4, 0.5) is 0 Å².